The highest BCUT2D eigenvalue weighted by Gasteiger charge is 2.15. The summed E-state index contributed by atoms with van der Waals surface area (Å²) in [5.74, 6) is 0.463. The topological polar surface area (TPSA) is 98.0 Å². The molecule has 0 unspecified atom stereocenters. The molecule has 0 saturated heterocycles. The van der Waals surface area contributed by atoms with Gasteiger partial charge in [-0.15, -0.1) is 0 Å². The monoisotopic (exact) mass is 383 g/mol. The molecule has 0 aliphatic rings. The molecule has 3 aromatic rings. The summed E-state index contributed by atoms with van der Waals surface area (Å²) in [5.41, 5.74) is -0.0725. The number of aryl methyl sites for hydroxylation is 1. The second-order valence-corrected chi connectivity index (χ2v) is 6.06. The van der Waals surface area contributed by atoms with Gasteiger partial charge in [0.05, 0.1) is 18.0 Å². The third-order valence-corrected chi connectivity index (χ3v) is 3.99. The van der Waals surface area contributed by atoms with Crippen molar-refractivity contribution in [1.29, 1.82) is 0 Å². The third kappa shape index (κ3) is 4.09. The van der Waals surface area contributed by atoms with Crippen molar-refractivity contribution in [1.82, 2.24) is 0 Å². The van der Waals surface area contributed by atoms with Crippen molar-refractivity contribution in [2.24, 2.45) is 0 Å². The molecule has 1 atom stereocenters. The van der Waals surface area contributed by atoms with Crippen LogP contribution in [0.15, 0.2) is 51.7 Å². The Hall–Kier alpha value is -3.48. The molecule has 0 amide bonds. The first-order valence-electron chi connectivity index (χ1n) is 8.74. The average Bonchev–Trinajstić information content (AvgIpc) is 2.66. The Labute approximate surface area is 161 Å². The fourth-order valence-corrected chi connectivity index (χ4v) is 2.60. The molecule has 0 N–H and O–H groups in total. The molecule has 0 aliphatic heterocycles. The van der Waals surface area contributed by atoms with Crippen LogP contribution in [-0.4, -0.2) is 18.7 Å². The molecule has 2 aromatic carbocycles. The number of rotatable bonds is 7. The zero-order chi connectivity index (χ0) is 20.3. The van der Waals surface area contributed by atoms with E-state index in [1.165, 1.54) is 25.1 Å². The SMILES string of the molecule is CCOc1ccc(Oc2c(C)oc3cc(O[C@H](C)C(=O)[O-])ccc3c2=O)cc1. The standard InChI is InChI=1S/C21H20O7/c1-4-25-14-5-7-15(8-6-14)28-20-12(2)27-18-11-16(26-13(3)21(23)24)9-10-17(18)19(20)22/h5-11,13H,4H2,1-3H3,(H,23,24)/p-1/t13-/m1/s1. The van der Waals surface area contributed by atoms with Gasteiger partial charge in [0, 0.05) is 6.07 Å². The van der Waals surface area contributed by atoms with Gasteiger partial charge >= 0.3 is 0 Å². The van der Waals surface area contributed by atoms with Crippen LogP contribution in [0.1, 0.15) is 19.6 Å². The quantitative estimate of drug-likeness (QED) is 0.619. The summed E-state index contributed by atoms with van der Waals surface area (Å²) in [4.78, 5) is 23.6. The van der Waals surface area contributed by atoms with Crippen molar-refractivity contribution in [3.63, 3.8) is 0 Å². The van der Waals surface area contributed by atoms with E-state index >= 15 is 0 Å². The van der Waals surface area contributed by atoms with Gasteiger partial charge in [-0.1, -0.05) is 0 Å². The fraction of sp³-hybridized carbons (Fsp3) is 0.238. The van der Waals surface area contributed by atoms with Gasteiger partial charge in [-0.2, -0.15) is 0 Å². The summed E-state index contributed by atoms with van der Waals surface area (Å²) < 4.78 is 22.1. The van der Waals surface area contributed by atoms with Gasteiger partial charge in [-0.05, 0) is 57.2 Å². The number of hydrogen-bond donors (Lipinski definition) is 0. The maximum atomic E-state index is 12.8. The van der Waals surface area contributed by atoms with Crippen LogP contribution in [-0.2, 0) is 4.79 Å². The van der Waals surface area contributed by atoms with Crippen LogP contribution in [0.5, 0.6) is 23.0 Å². The first kappa shape index (κ1) is 19.3. The maximum Gasteiger partial charge on any atom is 0.235 e. The van der Waals surface area contributed by atoms with Crippen molar-refractivity contribution >= 4 is 16.9 Å². The molecule has 0 fully saturated rings. The summed E-state index contributed by atoms with van der Waals surface area (Å²) >= 11 is 0. The fourth-order valence-electron chi connectivity index (χ4n) is 2.60. The lowest BCUT2D eigenvalue weighted by Gasteiger charge is -2.15. The van der Waals surface area contributed by atoms with Gasteiger partial charge < -0.3 is 28.5 Å². The van der Waals surface area contributed by atoms with Gasteiger partial charge in [0.2, 0.25) is 11.2 Å². The summed E-state index contributed by atoms with van der Waals surface area (Å²) in [6, 6.07) is 11.4. The summed E-state index contributed by atoms with van der Waals surface area (Å²) in [6.45, 7) is 5.42. The number of carbonyl (C=O) groups excluding carboxylic acids is 1. The Morgan fingerprint density at radius 2 is 1.75 bits per heavy atom. The van der Waals surface area contributed by atoms with Crippen molar-refractivity contribution < 1.29 is 28.5 Å². The molecule has 7 heteroatoms. The van der Waals surface area contributed by atoms with Crippen molar-refractivity contribution in [2.75, 3.05) is 6.61 Å². The minimum atomic E-state index is -1.34. The lowest BCUT2D eigenvalue weighted by Crippen LogP contribution is -2.37. The van der Waals surface area contributed by atoms with E-state index in [4.69, 9.17) is 18.6 Å². The van der Waals surface area contributed by atoms with Crippen LogP contribution < -0.4 is 24.7 Å². The number of carboxylic acid groups (broad SMARTS) is 1. The Morgan fingerprint density at radius 1 is 1.11 bits per heavy atom. The van der Waals surface area contributed by atoms with Gasteiger partial charge in [0.15, 0.2) is 0 Å². The Balaban J connectivity index is 1.92. The zero-order valence-corrected chi connectivity index (χ0v) is 15.7. The van der Waals surface area contributed by atoms with Crippen LogP contribution in [0.25, 0.3) is 11.0 Å². The molecule has 0 saturated carbocycles. The first-order valence-corrected chi connectivity index (χ1v) is 8.74. The van der Waals surface area contributed by atoms with Crippen LogP contribution in [0.4, 0.5) is 0 Å². The smallest absolute Gasteiger partial charge is 0.235 e. The second kappa shape index (κ2) is 8.04. The maximum absolute atomic E-state index is 12.8. The van der Waals surface area contributed by atoms with Crippen LogP contribution >= 0.6 is 0 Å². The van der Waals surface area contributed by atoms with Crippen LogP contribution in [0.3, 0.4) is 0 Å². The molecule has 1 aromatic heterocycles. The predicted molar refractivity (Wildman–Crippen MR) is 100 cm³/mol. The molecule has 28 heavy (non-hydrogen) atoms. The lowest BCUT2D eigenvalue weighted by molar-refractivity contribution is -0.312. The van der Waals surface area contributed by atoms with Gasteiger partial charge in [0.1, 0.15) is 34.7 Å². The molecule has 1 heterocycles. The molecule has 146 valence electrons. The Kier molecular flexibility index (Phi) is 5.54. The van der Waals surface area contributed by atoms with E-state index < -0.39 is 12.1 Å². The van der Waals surface area contributed by atoms with E-state index in [0.29, 0.717) is 23.5 Å². The number of carbonyl (C=O) groups is 1. The van der Waals surface area contributed by atoms with E-state index in [1.807, 2.05) is 6.92 Å². The lowest BCUT2D eigenvalue weighted by atomic mass is 10.2. The average molecular weight is 383 g/mol. The minimum absolute atomic E-state index is 0.0773. The third-order valence-electron chi connectivity index (χ3n) is 3.99. The van der Waals surface area contributed by atoms with Gasteiger partial charge in [-0.3, -0.25) is 4.79 Å². The van der Waals surface area contributed by atoms with Crippen molar-refractivity contribution in [3.05, 3.63) is 58.4 Å². The zero-order valence-electron chi connectivity index (χ0n) is 15.7. The van der Waals surface area contributed by atoms with Crippen molar-refractivity contribution in [2.45, 2.75) is 26.9 Å². The largest absolute Gasteiger partial charge is 0.546 e. The summed E-state index contributed by atoms with van der Waals surface area (Å²) in [7, 11) is 0. The minimum Gasteiger partial charge on any atom is -0.546 e. The normalized spacial score (nSPS) is 11.8. The molecule has 0 bridgehead atoms. The van der Waals surface area contributed by atoms with Crippen LogP contribution in [0.2, 0.25) is 0 Å². The molecular formula is C21H19O7-. The van der Waals surface area contributed by atoms with E-state index in [2.05, 4.69) is 0 Å². The number of aliphatic carboxylic acids is 1. The second-order valence-electron chi connectivity index (χ2n) is 6.06. The highest BCUT2D eigenvalue weighted by atomic mass is 16.5. The van der Waals surface area contributed by atoms with Crippen molar-refractivity contribution in [3.8, 4) is 23.0 Å². The molecule has 7 nitrogen and oxygen atoms in total. The number of carboxylic acids is 1. The Bertz CT molecular complexity index is 1050. The molecule has 3 rings (SSSR count). The number of benzene rings is 2. The molecule has 0 aliphatic carbocycles. The van der Waals surface area contributed by atoms with Crippen LogP contribution in [0, 0.1) is 6.92 Å². The number of ether oxygens (including phenoxy) is 3. The van der Waals surface area contributed by atoms with E-state index in [9.17, 15) is 14.7 Å². The highest BCUT2D eigenvalue weighted by Crippen LogP contribution is 2.28. The van der Waals surface area contributed by atoms with E-state index in [1.54, 1.807) is 31.2 Å². The summed E-state index contributed by atoms with van der Waals surface area (Å²) in [6.07, 6.45) is -1.13. The predicted octanol–water partition coefficient (Wildman–Crippen LogP) is 2.81. The first-order chi connectivity index (χ1) is 13.4. The molecular weight excluding hydrogens is 364 g/mol. The Morgan fingerprint density at radius 3 is 2.39 bits per heavy atom. The van der Waals surface area contributed by atoms with E-state index in [0.717, 1.165) is 0 Å². The number of hydrogen-bond acceptors (Lipinski definition) is 7. The van der Waals surface area contributed by atoms with Gasteiger partial charge in [-0.25, -0.2) is 0 Å². The summed E-state index contributed by atoms with van der Waals surface area (Å²) in [5, 5.41) is 11.1. The highest BCUT2D eigenvalue weighted by molar-refractivity contribution is 5.80. The number of fused-ring (bicyclic) bond motifs is 1. The molecule has 0 spiro atoms. The van der Waals surface area contributed by atoms with Gasteiger partial charge in [0.25, 0.3) is 0 Å². The van der Waals surface area contributed by atoms with E-state index in [-0.39, 0.29) is 28.3 Å². The molecule has 0 radical (unpaired) electrons.